The SMILES string of the molecule is CCNC(=O)C(N)N(C(=N)c1cc(C(=N)C2CCCC2)c(N)cc1O)c1ccc(N2CCCC2)cc1. The number of nitrogen functional groups attached to an aromatic ring is 1. The second-order valence-electron chi connectivity index (χ2n) is 9.62. The summed E-state index contributed by atoms with van der Waals surface area (Å²) in [6.07, 6.45) is 5.16. The smallest absolute Gasteiger partial charge is 0.257 e. The average Bonchev–Trinajstić information content (AvgIpc) is 3.59. The molecule has 0 bridgehead atoms. The van der Waals surface area contributed by atoms with Crippen LogP contribution in [-0.4, -0.2) is 48.4 Å². The van der Waals surface area contributed by atoms with Gasteiger partial charge in [0.2, 0.25) is 0 Å². The first-order valence-corrected chi connectivity index (χ1v) is 12.8. The molecule has 2 fully saturated rings. The molecular formula is C27H37N7O2. The molecule has 1 unspecified atom stereocenters. The molecule has 4 rings (SSSR count). The lowest BCUT2D eigenvalue weighted by molar-refractivity contribution is -0.122. The predicted octanol–water partition coefficient (Wildman–Crippen LogP) is 3.39. The van der Waals surface area contributed by atoms with Crippen LogP contribution in [0.2, 0.25) is 0 Å². The Labute approximate surface area is 212 Å². The highest BCUT2D eigenvalue weighted by molar-refractivity contribution is 6.15. The first-order valence-electron chi connectivity index (χ1n) is 12.8. The number of amides is 1. The lowest BCUT2D eigenvalue weighted by Crippen LogP contribution is -2.55. The summed E-state index contributed by atoms with van der Waals surface area (Å²) in [6, 6.07) is 10.6. The number of phenolic OH excluding ortho intramolecular Hbond substituents is 1. The van der Waals surface area contributed by atoms with Crippen molar-refractivity contribution in [3.63, 3.8) is 0 Å². The Morgan fingerprint density at radius 3 is 2.36 bits per heavy atom. The number of anilines is 3. The highest BCUT2D eigenvalue weighted by atomic mass is 16.3. The van der Waals surface area contributed by atoms with Crippen LogP contribution in [0.4, 0.5) is 17.1 Å². The van der Waals surface area contributed by atoms with Crippen molar-refractivity contribution >= 4 is 34.5 Å². The molecule has 0 spiro atoms. The van der Waals surface area contributed by atoms with Crippen molar-refractivity contribution in [3.8, 4) is 5.75 Å². The van der Waals surface area contributed by atoms with Gasteiger partial charge in [0.1, 0.15) is 11.6 Å². The fourth-order valence-corrected chi connectivity index (χ4v) is 5.22. The number of carbonyl (C=O) groups is 1. The molecule has 9 heteroatoms. The van der Waals surface area contributed by atoms with Gasteiger partial charge in [-0.05, 0) is 62.9 Å². The molecule has 1 saturated heterocycles. The maximum Gasteiger partial charge on any atom is 0.257 e. The highest BCUT2D eigenvalue weighted by Crippen LogP contribution is 2.34. The van der Waals surface area contributed by atoms with Crippen LogP contribution < -0.4 is 26.6 Å². The van der Waals surface area contributed by atoms with Gasteiger partial charge >= 0.3 is 0 Å². The van der Waals surface area contributed by atoms with E-state index < -0.39 is 12.1 Å². The molecule has 1 heterocycles. The number of phenols is 1. The van der Waals surface area contributed by atoms with Gasteiger partial charge in [-0.1, -0.05) is 12.8 Å². The number of nitrogens with one attached hydrogen (secondary N) is 3. The van der Waals surface area contributed by atoms with Crippen LogP contribution in [-0.2, 0) is 4.79 Å². The van der Waals surface area contributed by atoms with Crippen LogP contribution in [0.25, 0.3) is 0 Å². The largest absolute Gasteiger partial charge is 0.507 e. The fourth-order valence-electron chi connectivity index (χ4n) is 5.22. The summed E-state index contributed by atoms with van der Waals surface area (Å²) in [4.78, 5) is 16.5. The summed E-state index contributed by atoms with van der Waals surface area (Å²) in [5.74, 6) is -0.645. The molecular weight excluding hydrogens is 454 g/mol. The Balaban J connectivity index is 1.71. The Kier molecular flexibility index (Phi) is 7.79. The van der Waals surface area contributed by atoms with E-state index in [2.05, 4.69) is 10.2 Å². The van der Waals surface area contributed by atoms with E-state index in [9.17, 15) is 9.90 Å². The third kappa shape index (κ3) is 5.16. The normalized spacial score (nSPS) is 16.7. The topological polar surface area (TPSA) is 156 Å². The van der Waals surface area contributed by atoms with Crippen LogP contribution in [0.3, 0.4) is 0 Å². The van der Waals surface area contributed by atoms with Gasteiger partial charge in [-0.3, -0.25) is 10.2 Å². The average molecular weight is 492 g/mol. The number of aromatic hydroxyl groups is 1. The van der Waals surface area contributed by atoms with Crippen molar-refractivity contribution in [2.24, 2.45) is 11.7 Å². The minimum absolute atomic E-state index is 0.116. The van der Waals surface area contributed by atoms with E-state index in [1.54, 1.807) is 13.0 Å². The standard InChI is InChI=1S/C27H37N7O2/c1-2-32-27(36)26(31)34(19-11-9-18(10-12-19)33-13-5-6-14-33)25(30)21-15-20(22(28)16-23(21)35)24(29)17-7-3-4-8-17/h9-12,15-17,26,29-30,35H,2-8,13-14,28,31H2,1H3,(H,32,36). The minimum atomic E-state index is -1.19. The quantitative estimate of drug-likeness (QED) is 0.144. The first kappa shape index (κ1) is 25.5. The number of amidine groups is 1. The van der Waals surface area contributed by atoms with Crippen molar-refractivity contribution in [1.82, 2.24) is 5.32 Å². The zero-order valence-electron chi connectivity index (χ0n) is 20.9. The Hall–Kier alpha value is -3.59. The predicted molar refractivity (Wildman–Crippen MR) is 145 cm³/mol. The molecule has 1 atom stereocenters. The molecule has 2 aromatic rings. The zero-order chi connectivity index (χ0) is 25.8. The van der Waals surface area contributed by atoms with E-state index in [0.717, 1.165) is 57.3 Å². The Morgan fingerprint density at radius 2 is 1.75 bits per heavy atom. The molecule has 1 amide bonds. The molecule has 1 aliphatic carbocycles. The van der Waals surface area contributed by atoms with Gasteiger partial charge < -0.3 is 37.1 Å². The molecule has 1 saturated carbocycles. The number of nitrogens with two attached hydrogens (primary N) is 2. The van der Waals surface area contributed by atoms with Crippen LogP contribution in [0.1, 0.15) is 56.6 Å². The molecule has 36 heavy (non-hydrogen) atoms. The maximum atomic E-state index is 12.8. The zero-order valence-corrected chi connectivity index (χ0v) is 20.9. The van der Waals surface area contributed by atoms with Crippen LogP contribution in [0, 0.1) is 16.7 Å². The minimum Gasteiger partial charge on any atom is -0.507 e. The fraction of sp³-hybridized carbons (Fsp3) is 0.444. The van der Waals surface area contributed by atoms with Crippen LogP contribution in [0.5, 0.6) is 5.75 Å². The van der Waals surface area contributed by atoms with E-state index in [-0.39, 0.29) is 23.1 Å². The van der Waals surface area contributed by atoms with Gasteiger partial charge in [-0.25, -0.2) is 0 Å². The van der Waals surface area contributed by atoms with E-state index >= 15 is 0 Å². The number of hydrogen-bond acceptors (Lipinski definition) is 7. The van der Waals surface area contributed by atoms with Gasteiger partial charge in [0.25, 0.3) is 5.91 Å². The molecule has 1 aliphatic heterocycles. The lowest BCUT2D eigenvalue weighted by atomic mass is 9.92. The summed E-state index contributed by atoms with van der Waals surface area (Å²) in [6.45, 7) is 4.22. The molecule has 0 radical (unpaired) electrons. The van der Waals surface area contributed by atoms with Crippen molar-refractivity contribution < 1.29 is 9.90 Å². The first-order chi connectivity index (χ1) is 17.3. The summed E-state index contributed by atoms with van der Waals surface area (Å²) in [5.41, 5.74) is 15.6. The number of carbonyl (C=O) groups excluding carboxylic acids is 1. The number of likely N-dealkylation sites (N-methyl/N-ethyl adjacent to an activating group) is 1. The van der Waals surface area contributed by atoms with Gasteiger partial charge in [0, 0.05) is 60.0 Å². The van der Waals surface area contributed by atoms with Gasteiger partial charge in [0.15, 0.2) is 6.17 Å². The van der Waals surface area contributed by atoms with Crippen molar-refractivity contribution in [2.45, 2.75) is 51.6 Å². The Bertz CT molecular complexity index is 1120. The van der Waals surface area contributed by atoms with E-state index in [0.29, 0.717) is 29.2 Å². The van der Waals surface area contributed by atoms with E-state index in [1.807, 2.05) is 24.3 Å². The van der Waals surface area contributed by atoms with Crippen LogP contribution >= 0.6 is 0 Å². The number of rotatable bonds is 8. The summed E-state index contributed by atoms with van der Waals surface area (Å²) < 4.78 is 0. The van der Waals surface area contributed by atoms with Crippen molar-refractivity contribution in [1.29, 1.82) is 10.8 Å². The van der Waals surface area contributed by atoms with E-state index in [4.69, 9.17) is 22.3 Å². The Morgan fingerprint density at radius 1 is 1.11 bits per heavy atom. The van der Waals surface area contributed by atoms with E-state index in [1.165, 1.54) is 11.0 Å². The van der Waals surface area contributed by atoms with Crippen molar-refractivity contribution in [2.75, 3.05) is 35.2 Å². The second-order valence-corrected chi connectivity index (χ2v) is 9.62. The van der Waals surface area contributed by atoms with Gasteiger partial charge in [-0.15, -0.1) is 0 Å². The summed E-state index contributed by atoms with van der Waals surface area (Å²) in [5, 5.41) is 31.3. The van der Waals surface area contributed by atoms with Crippen molar-refractivity contribution in [3.05, 3.63) is 47.5 Å². The maximum absolute atomic E-state index is 12.8. The highest BCUT2D eigenvalue weighted by Gasteiger charge is 2.30. The summed E-state index contributed by atoms with van der Waals surface area (Å²) in [7, 11) is 0. The molecule has 2 aromatic carbocycles. The molecule has 8 N–H and O–H groups in total. The molecule has 0 aromatic heterocycles. The van der Waals surface area contributed by atoms with Gasteiger partial charge in [0.05, 0.1) is 5.56 Å². The number of hydrogen-bond donors (Lipinski definition) is 6. The molecule has 192 valence electrons. The number of nitrogens with zero attached hydrogens (tertiary/aromatic N) is 2. The molecule has 2 aliphatic rings. The number of benzene rings is 2. The van der Waals surface area contributed by atoms with Gasteiger partial charge in [-0.2, -0.15) is 0 Å². The monoisotopic (exact) mass is 491 g/mol. The second kappa shape index (κ2) is 11.0. The third-order valence-electron chi connectivity index (χ3n) is 7.21. The summed E-state index contributed by atoms with van der Waals surface area (Å²) >= 11 is 0. The molecule has 9 nitrogen and oxygen atoms in total. The third-order valence-corrected chi connectivity index (χ3v) is 7.21. The van der Waals surface area contributed by atoms with Crippen LogP contribution in [0.15, 0.2) is 36.4 Å². The lowest BCUT2D eigenvalue weighted by Gasteiger charge is -2.31.